The second-order valence-corrected chi connectivity index (χ2v) is 5.71. The summed E-state index contributed by atoms with van der Waals surface area (Å²) in [6.07, 6.45) is 0.0343. The number of carbonyl (C=O) groups is 2. The minimum atomic E-state index is -0.864. The van der Waals surface area contributed by atoms with Crippen LogP contribution in [-0.2, 0) is 11.4 Å². The lowest BCUT2D eigenvalue weighted by molar-refractivity contribution is -0.137. The van der Waals surface area contributed by atoms with Crippen LogP contribution in [0.4, 0.5) is 0 Å². The van der Waals surface area contributed by atoms with E-state index in [0.29, 0.717) is 24.5 Å². The smallest absolute Gasteiger partial charge is 0.303 e. The van der Waals surface area contributed by atoms with Crippen molar-refractivity contribution in [3.8, 4) is 5.75 Å². The molecule has 24 heavy (non-hydrogen) atoms. The van der Waals surface area contributed by atoms with E-state index >= 15 is 0 Å². The molecular weight excluding hydrogens is 306 g/mol. The summed E-state index contributed by atoms with van der Waals surface area (Å²) < 4.78 is 5.67. The first-order valence-electron chi connectivity index (χ1n) is 7.81. The van der Waals surface area contributed by atoms with Crippen molar-refractivity contribution in [1.82, 2.24) is 5.32 Å². The Labute approximate surface area is 141 Å². The Bertz CT molecular complexity index is 668. The van der Waals surface area contributed by atoms with E-state index in [1.165, 1.54) is 0 Å². The van der Waals surface area contributed by atoms with Crippen LogP contribution in [0.25, 0.3) is 0 Å². The maximum atomic E-state index is 12.0. The zero-order chi connectivity index (χ0) is 17.4. The van der Waals surface area contributed by atoms with Gasteiger partial charge in [0.25, 0.3) is 5.91 Å². The van der Waals surface area contributed by atoms with Crippen molar-refractivity contribution in [2.24, 2.45) is 5.92 Å². The molecule has 0 aliphatic heterocycles. The van der Waals surface area contributed by atoms with E-state index in [4.69, 9.17) is 9.84 Å². The van der Waals surface area contributed by atoms with Gasteiger partial charge in [-0.25, -0.2) is 0 Å². The number of hydrogen-bond acceptors (Lipinski definition) is 3. The Morgan fingerprint density at radius 1 is 1.08 bits per heavy atom. The monoisotopic (exact) mass is 327 g/mol. The maximum Gasteiger partial charge on any atom is 0.303 e. The number of carboxylic acids is 1. The molecule has 0 aliphatic rings. The third kappa shape index (κ3) is 5.76. The normalized spacial score (nSPS) is 11.5. The Kier molecular flexibility index (Phi) is 6.37. The predicted octanol–water partition coefficient (Wildman–Crippen LogP) is 3.11. The van der Waals surface area contributed by atoms with Gasteiger partial charge in [-0.15, -0.1) is 0 Å². The summed E-state index contributed by atoms with van der Waals surface area (Å²) in [7, 11) is 0. The molecule has 2 N–H and O–H groups in total. The minimum absolute atomic E-state index is 0.0343. The van der Waals surface area contributed by atoms with Gasteiger partial charge in [-0.2, -0.15) is 0 Å². The van der Waals surface area contributed by atoms with Gasteiger partial charge in [0.2, 0.25) is 0 Å². The third-order valence-corrected chi connectivity index (χ3v) is 3.50. The molecule has 0 aromatic heterocycles. The molecule has 1 amide bonds. The lowest BCUT2D eigenvalue weighted by Gasteiger charge is -2.11. The highest BCUT2D eigenvalue weighted by Gasteiger charge is 2.10. The minimum Gasteiger partial charge on any atom is -0.489 e. The van der Waals surface area contributed by atoms with Crippen molar-refractivity contribution in [3.63, 3.8) is 0 Å². The first-order chi connectivity index (χ1) is 11.5. The summed E-state index contributed by atoms with van der Waals surface area (Å²) in [5.41, 5.74) is 1.59. The summed E-state index contributed by atoms with van der Waals surface area (Å²) in [4.78, 5) is 22.6. The number of benzene rings is 2. The second kappa shape index (κ2) is 8.72. The Balaban J connectivity index is 1.82. The fraction of sp³-hybridized carbons (Fsp3) is 0.263. The van der Waals surface area contributed by atoms with E-state index in [2.05, 4.69) is 5.32 Å². The Hall–Kier alpha value is -2.82. The number of rotatable bonds is 8. The largest absolute Gasteiger partial charge is 0.489 e. The van der Waals surface area contributed by atoms with Crippen molar-refractivity contribution < 1.29 is 19.4 Å². The molecule has 0 spiro atoms. The molecule has 0 heterocycles. The van der Waals surface area contributed by atoms with Gasteiger partial charge < -0.3 is 15.2 Å². The standard InChI is InChI=1S/C19H21NO4/c1-14(11-18(21)22)12-20-19(23)16-7-9-17(10-8-16)24-13-15-5-3-2-4-6-15/h2-10,14H,11-13H2,1H3,(H,20,23)(H,21,22). The molecule has 2 aromatic rings. The average Bonchev–Trinajstić information content (AvgIpc) is 2.58. The zero-order valence-corrected chi connectivity index (χ0v) is 13.6. The molecular formula is C19H21NO4. The second-order valence-electron chi connectivity index (χ2n) is 5.71. The summed E-state index contributed by atoms with van der Waals surface area (Å²) in [5.74, 6) is -0.506. The lowest BCUT2D eigenvalue weighted by Crippen LogP contribution is -2.29. The van der Waals surface area contributed by atoms with Crippen molar-refractivity contribution in [1.29, 1.82) is 0 Å². The van der Waals surface area contributed by atoms with Crippen molar-refractivity contribution in [3.05, 3.63) is 65.7 Å². The van der Waals surface area contributed by atoms with E-state index in [1.807, 2.05) is 30.3 Å². The van der Waals surface area contributed by atoms with Crippen LogP contribution in [-0.4, -0.2) is 23.5 Å². The SMILES string of the molecule is CC(CNC(=O)c1ccc(OCc2ccccc2)cc1)CC(=O)O. The van der Waals surface area contributed by atoms with Gasteiger partial charge in [0, 0.05) is 18.5 Å². The van der Waals surface area contributed by atoms with Crippen molar-refractivity contribution in [2.75, 3.05) is 6.54 Å². The van der Waals surface area contributed by atoms with Gasteiger partial charge >= 0.3 is 5.97 Å². The molecule has 126 valence electrons. The van der Waals surface area contributed by atoms with Crippen LogP contribution in [0, 0.1) is 5.92 Å². The average molecular weight is 327 g/mol. The summed E-state index contributed by atoms with van der Waals surface area (Å²) in [6.45, 7) is 2.59. The molecule has 5 heteroatoms. The number of nitrogens with one attached hydrogen (secondary N) is 1. The van der Waals surface area contributed by atoms with E-state index in [-0.39, 0.29) is 18.2 Å². The molecule has 2 rings (SSSR count). The number of carboxylic acid groups (broad SMARTS) is 1. The molecule has 0 aliphatic carbocycles. The summed E-state index contributed by atoms with van der Waals surface area (Å²) in [5, 5.41) is 11.4. The fourth-order valence-corrected chi connectivity index (χ4v) is 2.18. The van der Waals surface area contributed by atoms with Crippen LogP contribution in [0.2, 0.25) is 0 Å². The summed E-state index contributed by atoms with van der Waals surface area (Å²) in [6, 6.07) is 16.7. The number of hydrogen-bond donors (Lipinski definition) is 2. The predicted molar refractivity (Wildman–Crippen MR) is 91.0 cm³/mol. The van der Waals surface area contributed by atoms with E-state index in [1.54, 1.807) is 31.2 Å². The fourth-order valence-electron chi connectivity index (χ4n) is 2.18. The lowest BCUT2D eigenvalue weighted by atomic mass is 10.1. The van der Waals surface area contributed by atoms with Crippen LogP contribution in [0.5, 0.6) is 5.75 Å². The van der Waals surface area contributed by atoms with Crippen LogP contribution >= 0.6 is 0 Å². The van der Waals surface area contributed by atoms with Crippen LogP contribution in [0.1, 0.15) is 29.3 Å². The van der Waals surface area contributed by atoms with Crippen LogP contribution in [0.15, 0.2) is 54.6 Å². The number of ether oxygens (including phenoxy) is 1. The number of amides is 1. The van der Waals surface area contributed by atoms with Gasteiger partial charge in [-0.05, 0) is 35.7 Å². The van der Waals surface area contributed by atoms with Crippen molar-refractivity contribution >= 4 is 11.9 Å². The van der Waals surface area contributed by atoms with Gasteiger partial charge in [0.1, 0.15) is 12.4 Å². The summed E-state index contributed by atoms with van der Waals surface area (Å²) >= 11 is 0. The highest BCUT2D eigenvalue weighted by atomic mass is 16.5. The van der Waals surface area contributed by atoms with Crippen LogP contribution < -0.4 is 10.1 Å². The van der Waals surface area contributed by atoms with Gasteiger partial charge in [-0.1, -0.05) is 37.3 Å². The van der Waals surface area contributed by atoms with E-state index in [0.717, 1.165) is 5.56 Å². The Morgan fingerprint density at radius 3 is 2.38 bits per heavy atom. The molecule has 0 bridgehead atoms. The molecule has 0 saturated carbocycles. The third-order valence-electron chi connectivity index (χ3n) is 3.50. The molecule has 0 radical (unpaired) electrons. The van der Waals surface area contributed by atoms with E-state index in [9.17, 15) is 9.59 Å². The van der Waals surface area contributed by atoms with Gasteiger partial charge in [0.05, 0.1) is 0 Å². The van der Waals surface area contributed by atoms with E-state index < -0.39 is 5.97 Å². The number of carbonyl (C=O) groups excluding carboxylic acids is 1. The first-order valence-corrected chi connectivity index (χ1v) is 7.81. The van der Waals surface area contributed by atoms with Gasteiger partial charge in [-0.3, -0.25) is 9.59 Å². The molecule has 1 atom stereocenters. The maximum absolute atomic E-state index is 12.0. The molecule has 5 nitrogen and oxygen atoms in total. The number of aliphatic carboxylic acids is 1. The van der Waals surface area contributed by atoms with Gasteiger partial charge in [0.15, 0.2) is 0 Å². The molecule has 2 aromatic carbocycles. The molecule has 0 fully saturated rings. The quantitative estimate of drug-likeness (QED) is 0.781. The molecule has 1 unspecified atom stereocenters. The highest BCUT2D eigenvalue weighted by molar-refractivity contribution is 5.94. The van der Waals surface area contributed by atoms with Crippen molar-refractivity contribution in [2.45, 2.75) is 20.0 Å². The molecule has 0 saturated heterocycles. The zero-order valence-electron chi connectivity index (χ0n) is 13.6. The topological polar surface area (TPSA) is 75.6 Å². The first kappa shape index (κ1) is 17.5. The highest BCUT2D eigenvalue weighted by Crippen LogP contribution is 2.14. The van der Waals surface area contributed by atoms with Crippen LogP contribution in [0.3, 0.4) is 0 Å². The Morgan fingerprint density at radius 2 is 1.75 bits per heavy atom.